The second-order valence-corrected chi connectivity index (χ2v) is 7.46. The standard InChI is InChI=1S/C25H22N2O5/c1-16-8-10-17(11-9-16)22(28)15-32-25(30)21(27-24(29)23-7-4-12-31-23)13-18-14-26-20-6-3-2-5-19(18)20/h2-12,14,21,26H,13,15H2,1H3,(H,27,29). The third-order valence-electron chi connectivity index (χ3n) is 5.15. The number of ketones is 1. The Balaban J connectivity index is 1.49. The quantitative estimate of drug-likeness (QED) is 0.327. The topological polar surface area (TPSA) is 101 Å². The van der Waals surface area contributed by atoms with Gasteiger partial charge in [-0.3, -0.25) is 9.59 Å². The highest BCUT2D eigenvalue weighted by molar-refractivity contribution is 5.99. The molecule has 1 amide bonds. The van der Waals surface area contributed by atoms with Crippen LogP contribution >= 0.6 is 0 Å². The summed E-state index contributed by atoms with van der Waals surface area (Å²) in [6, 6.07) is 16.8. The van der Waals surface area contributed by atoms with Gasteiger partial charge in [0.2, 0.25) is 0 Å². The van der Waals surface area contributed by atoms with Crippen LogP contribution in [-0.4, -0.2) is 35.3 Å². The molecule has 0 saturated carbocycles. The second-order valence-electron chi connectivity index (χ2n) is 7.46. The maximum Gasteiger partial charge on any atom is 0.329 e. The van der Waals surface area contributed by atoms with Crippen molar-refractivity contribution in [2.24, 2.45) is 0 Å². The summed E-state index contributed by atoms with van der Waals surface area (Å²) in [4.78, 5) is 40.9. The number of H-pyrrole nitrogens is 1. The number of hydrogen-bond acceptors (Lipinski definition) is 5. The Morgan fingerprint density at radius 3 is 2.56 bits per heavy atom. The van der Waals surface area contributed by atoms with Crippen LogP contribution in [-0.2, 0) is 16.0 Å². The SMILES string of the molecule is Cc1ccc(C(=O)COC(=O)C(Cc2c[nH]c3ccccc23)NC(=O)c2ccco2)cc1. The molecule has 0 bridgehead atoms. The number of para-hydroxylation sites is 1. The molecule has 7 nitrogen and oxygen atoms in total. The van der Waals surface area contributed by atoms with Crippen molar-refractivity contribution in [2.75, 3.05) is 6.61 Å². The summed E-state index contributed by atoms with van der Waals surface area (Å²) >= 11 is 0. The van der Waals surface area contributed by atoms with E-state index in [4.69, 9.17) is 9.15 Å². The summed E-state index contributed by atoms with van der Waals surface area (Å²) in [6.45, 7) is 1.51. The van der Waals surface area contributed by atoms with E-state index < -0.39 is 24.5 Å². The van der Waals surface area contributed by atoms with Gasteiger partial charge in [0.15, 0.2) is 18.2 Å². The van der Waals surface area contributed by atoms with Crippen LogP contribution in [0, 0.1) is 6.92 Å². The highest BCUT2D eigenvalue weighted by Crippen LogP contribution is 2.20. The molecule has 2 aromatic heterocycles. The number of hydrogen-bond donors (Lipinski definition) is 2. The molecule has 1 atom stereocenters. The summed E-state index contributed by atoms with van der Waals surface area (Å²) in [5, 5.41) is 3.60. The molecule has 0 radical (unpaired) electrons. The molecule has 4 aromatic rings. The molecule has 32 heavy (non-hydrogen) atoms. The molecule has 2 N–H and O–H groups in total. The van der Waals surface area contributed by atoms with Crippen LogP contribution in [0.2, 0.25) is 0 Å². The average Bonchev–Trinajstić information content (AvgIpc) is 3.48. The van der Waals surface area contributed by atoms with Crippen LogP contribution < -0.4 is 5.32 Å². The van der Waals surface area contributed by atoms with Crippen molar-refractivity contribution in [3.05, 3.63) is 95.6 Å². The third-order valence-corrected chi connectivity index (χ3v) is 5.15. The Hall–Kier alpha value is -4.13. The number of aryl methyl sites for hydroxylation is 1. The molecule has 2 aromatic carbocycles. The number of fused-ring (bicyclic) bond motifs is 1. The molecule has 4 rings (SSSR count). The van der Waals surface area contributed by atoms with Gasteiger partial charge in [0, 0.05) is 29.1 Å². The van der Waals surface area contributed by atoms with Crippen LogP contribution in [0.4, 0.5) is 0 Å². The first kappa shape index (κ1) is 21.1. The fraction of sp³-hybridized carbons (Fsp3) is 0.160. The Kier molecular flexibility index (Phi) is 6.17. The number of amides is 1. The van der Waals surface area contributed by atoms with Gasteiger partial charge >= 0.3 is 5.97 Å². The van der Waals surface area contributed by atoms with Crippen molar-refractivity contribution >= 4 is 28.6 Å². The zero-order valence-electron chi connectivity index (χ0n) is 17.5. The van der Waals surface area contributed by atoms with Gasteiger partial charge in [-0.15, -0.1) is 0 Å². The van der Waals surface area contributed by atoms with Gasteiger partial charge in [-0.05, 0) is 30.7 Å². The first-order valence-electron chi connectivity index (χ1n) is 10.2. The number of Topliss-reactive ketones (excluding diaryl/α,β-unsaturated/α-hetero) is 1. The summed E-state index contributed by atoms with van der Waals surface area (Å²) in [7, 11) is 0. The minimum absolute atomic E-state index is 0.0810. The van der Waals surface area contributed by atoms with E-state index in [2.05, 4.69) is 10.3 Å². The Labute approximate surface area is 184 Å². The largest absolute Gasteiger partial charge is 0.459 e. The molecular weight excluding hydrogens is 408 g/mol. The Morgan fingerprint density at radius 2 is 1.81 bits per heavy atom. The maximum atomic E-state index is 12.9. The maximum absolute atomic E-state index is 12.9. The minimum atomic E-state index is -1.00. The van der Waals surface area contributed by atoms with E-state index in [1.807, 2.05) is 43.3 Å². The van der Waals surface area contributed by atoms with E-state index in [0.29, 0.717) is 5.56 Å². The van der Waals surface area contributed by atoms with Gasteiger partial charge in [0.1, 0.15) is 6.04 Å². The Bertz CT molecular complexity index is 1240. The van der Waals surface area contributed by atoms with E-state index in [0.717, 1.165) is 22.0 Å². The predicted octanol–water partition coefficient (Wildman–Crippen LogP) is 3.84. The number of aromatic amines is 1. The Morgan fingerprint density at radius 1 is 1.03 bits per heavy atom. The average molecular weight is 430 g/mol. The van der Waals surface area contributed by atoms with Crippen LogP contribution in [0.15, 0.2) is 77.5 Å². The zero-order chi connectivity index (χ0) is 22.5. The highest BCUT2D eigenvalue weighted by Gasteiger charge is 2.26. The second kappa shape index (κ2) is 9.34. The first-order valence-corrected chi connectivity index (χ1v) is 10.2. The number of rotatable bonds is 8. The molecule has 0 spiro atoms. The van der Waals surface area contributed by atoms with E-state index in [1.54, 1.807) is 24.4 Å². The van der Waals surface area contributed by atoms with E-state index in [9.17, 15) is 14.4 Å². The molecule has 2 heterocycles. The number of benzene rings is 2. The lowest BCUT2D eigenvalue weighted by molar-refractivity contribution is -0.144. The number of esters is 1. The van der Waals surface area contributed by atoms with Crippen LogP contribution in [0.3, 0.4) is 0 Å². The summed E-state index contributed by atoms with van der Waals surface area (Å²) < 4.78 is 10.4. The van der Waals surface area contributed by atoms with Crippen molar-refractivity contribution < 1.29 is 23.5 Å². The van der Waals surface area contributed by atoms with Crippen LogP contribution in [0.1, 0.15) is 32.0 Å². The van der Waals surface area contributed by atoms with Crippen LogP contribution in [0.25, 0.3) is 10.9 Å². The summed E-state index contributed by atoms with van der Waals surface area (Å²) in [5.41, 5.74) is 3.24. The monoisotopic (exact) mass is 430 g/mol. The minimum Gasteiger partial charge on any atom is -0.459 e. The molecule has 162 valence electrons. The summed E-state index contributed by atoms with van der Waals surface area (Å²) in [5.74, 6) is -1.48. The predicted molar refractivity (Wildman–Crippen MR) is 118 cm³/mol. The van der Waals surface area contributed by atoms with Crippen molar-refractivity contribution in [2.45, 2.75) is 19.4 Å². The van der Waals surface area contributed by atoms with Gasteiger partial charge in [0.25, 0.3) is 5.91 Å². The van der Waals surface area contributed by atoms with E-state index in [1.165, 1.54) is 12.3 Å². The molecule has 0 aliphatic rings. The number of nitrogens with one attached hydrogen (secondary N) is 2. The number of carbonyl (C=O) groups is 3. The molecule has 0 fully saturated rings. The van der Waals surface area contributed by atoms with E-state index in [-0.39, 0.29) is 18.0 Å². The van der Waals surface area contributed by atoms with Gasteiger partial charge in [-0.25, -0.2) is 4.79 Å². The van der Waals surface area contributed by atoms with Crippen LogP contribution in [0.5, 0.6) is 0 Å². The molecule has 1 unspecified atom stereocenters. The molecular formula is C25H22N2O5. The normalized spacial score (nSPS) is 11.8. The number of carbonyl (C=O) groups excluding carboxylic acids is 3. The fourth-order valence-electron chi connectivity index (χ4n) is 3.41. The molecule has 0 aliphatic carbocycles. The zero-order valence-corrected chi connectivity index (χ0v) is 17.5. The summed E-state index contributed by atoms with van der Waals surface area (Å²) in [6.07, 6.45) is 3.36. The molecule has 0 aliphatic heterocycles. The number of ether oxygens (including phenoxy) is 1. The first-order chi connectivity index (χ1) is 15.5. The smallest absolute Gasteiger partial charge is 0.329 e. The van der Waals surface area contributed by atoms with Gasteiger partial charge in [0.05, 0.1) is 6.26 Å². The lowest BCUT2D eigenvalue weighted by Gasteiger charge is -2.17. The fourth-order valence-corrected chi connectivity index (χ4v) is 3.41. The van der Waals surface area contributed by atoms with Crippen molar-refractivity contribution in [3.8, 4) is 0 Å². The van der Waals surface area contributed by atoms with Gasteiger partial charge in [-0.1, -0.05) is 48.0 Å². The van der Waals surface area contributed by atoms with E-state index >= 15 is 0 Å². The lowest BCUT2D eigenvalue weighted by Crippen LogP contribution is -2.43. The number of furan rings is 1. The van der Waals surface area contributed by atoms with Crippen molar-refractivity contribution in [1.82, 2.24) is 10.3 Å². The molecule has 0 saturated heterocycles. The van der Waals surface area contributed by atoms with Crippen molar-refractivity contribution in [3.63, 3.8) is 0 Å². The van der Waals surface area contributed by atoms with Gasteiger partial charge in [-0.2, -0.15) is 0 Å². The number of aromatic nitrogens is 1. The lowest BCUT2D eigenvalue weighted by atomic mass is 10.0. The van der Waals surface area contributed by atoms with Gasteiger partial charge < -0.3 is 19.5 Å². The highest BCUT2D eigenvalue weighted by atomic mass is 16.5. The third kappa shape index (κ3) is 4.78. The van der Waals surface area contributed by atoms with Crippen molar-refractivity contribution in [1.29, 1.82) is 0 Å². The molecule has 7 heteroatoms.